The second-order valence-electron chi connectivity index (χ2n) is 8.27. The summed E-state index contributed by atoms with van der Waals surface area (Å²) in [5.41, 5.74) is 1.25. The Balaban J connectivity index is 1.57. The molecule has 2 fully saturated rings. The molecule has 0 radical (unpaired) electrons. The minimum Gasteiger partial charge on any atom is -0.351 e. The van der Waals surface area contributed by atoms with Crippen molar-refractivity contribution in [3.05, 3.63) is 17.5 Å². The largest absolute Gasteiger partial charge is 0.351 e. The summed E-state index contributed by atoms with van der Waals surface area (Å²) in [6.45, 7) is 7.51. The first-order valence-electron chi connectivity index (χ1n) is 10.1. The van der Waals surface area contributed by atoms with Crippen molar-refractivity contribution in [3.8, 4) is 0 Å². The number of amides is 2. The molecule has 1 aromatic heterocycles. The van der Waals surface area contributed by atoms with E-state index < -0.39 is 0 Å². The smallest absolute Gasteiger partial charge is 0.274 e. The molecule has 26 heavy (non-hydrogen) atoms. The van der Waals surface area contributed by atoms with Gasteiger partial charge in [0, 0.05) is 30.2 Å². The highest BCUT2D eigenvalue weighted by molar-refractivity contribution is 5.92. The lowest BCUT2D eigenvalue weighted by Crippen LogP contribution is -2.47. The Morgan fingerprint density at radius 3 is 2.69 bits per heavy atom. The first-order chi connectivity index (χ1) is 12.4. The summed E-state index contributed by atoms with van der Waals surface area (Å²) in [5.74, 6) is 0.462. The lowest BCUT2D eigenvalue weighted by atomic mass is 9.71. The molecule has 2 N–H and O–H groups in total. The van der Waals surface area contributed by atoms with Gasteiger partial charge in [0.1, 0.15) is 5.69 Å². The molecule has 1 unspecified atom stereocenters. The van der Waals surface area contributed by atoms with E-state index in [0.29, 0.717) is 24.7 Å². The van der Waals surface area contributed by atoms with Gasteiger partial charge in [-0.2, -0.15) is 5.10 Å². The van der Waals surface area contributed by atoms with E-state index in [1.807, 2.05) is 11.0 Å². The van der Waals surface area contributed by atoms with Crippen LogP contribution in [0, 0.1) is 5.41 Å². The number of nitrogens with zero attached hydrogens (tertiary/aromatic N) is 2. The predicted molar refractivity (Wildman–Crippen MR) is 101 cm³/mol. The number of H-pyrrole nitrogens is 1. The number of carbonyl (C=O) groups is 2. The second-order valence-corrected chi connectivity index (χ2v) is 8.27. The van der Waals surface area contributed by atoms with E-state index in [2.05, 4.69) is 36.3 Å². The first kappa shape index (κ1) is 18.9. The van der Waals surface area contributed by atoms with Crippen LogP contribution in [0.2, 0.25) is 0 Å². The van der Waals surface area contributed by atoms with Gasteiger partial charge < -0.3 is 10.2 Å². The minimum absolute atomic E-state index is 0.0484. The molecule has 2 amide bonds. The van der Waals surface area contributed by atoms with Crippen LogP contribution in [0.5, 0.6) is 0 Å². The Labute approximate surface area is 156 Å². The van der Waals surface area contributed by atoms with Gasteiger partial charge in [0.15, 0.2) is 0 Å². The van der Waals surface area contributed by atoms with Crippen molar-refractivity contribution in [1.29, 1.82) is 0 Å². The van der Waals surface area contributed by atoms with Crippen molar-refractivity contribution in [2.45, 2.75) is 77.7 Å². The second kappa shape index (κ2) is 7.80. The molecule has 2 aliphatic rings. The highest BCUT2D eigenvalue weighted by atomic mass is 16.2. The Bertz CT molecular complexity index is 646. The van der Waals surface area contributed by atoms with Gasteiger partial charge in [-0.3, -0.25) is 14.7 Å². The number of hydrogen-bond acceptors (Lipinski definition) is 3. The average Bonchev–Trinajstić information content (AvgIpc) is 3.31. The lowest BCUT2D eigenvalue weighted by Gasteiger charge is -2.35. The molecular weight excluding hydrogens is 328 g/mol. The third kappa shape index (κ3) is 3.79. The zero-order chi connectivity index (χ0) is 18.7. The van der Waals surface area contributed by atoms with Crippen LogP contribution >= 0.6 is 0 Å². The molecule has 0 spiro atoms. The van der Waals surface area contributed by atoms with Crippen molar-refractivity contribution in [3.63, 3.8) is 0 Å². The van der Waals surface area contributed by atoms with Gasteiger partial charge in [0.25, 0.3) is 5.91 Å². The predicted octanol–water partition coefficient (Wildman–Crippen LogP) is 3.22. The molecule has 0 aromatic carbocycles. The van der Waals surface area contributed by atoms with Crippen LogP contribution in [0.15, 0.2) is 6.07 Å². The Kier molecular flexibility index (Phi) is 5.68. The maximum absolute atomic E-state index is 12.9. The van der Waals surface area contributed by atoms with Crippen molar-refractivity contribution in [2.75, 3.05) is 13.1 Å². The van der Waals surface area contributed by atoms with Crippen LogP contribution in [0.4, 0.5) is 0 Å². The standard InChI is InChI=1S/C20H32N4O2/c1-4-20(9-6-5-7-10-20)19(26)21-15-8-11-24(13-15)18(25)17-12-16(14(2)3)22-23-17/h12,14-15H,4-11,13H2,1-3H3,(H,21,26)(H,22,23). The number of hydrogen-bond donors (Lipinski definition) is 2. The van der Waals surface area contributed by atoms with Crippen molar-refractivity contribution < 1.29 is 9.59 Å². The first-order valence-corrected chi connectivity index (χ1v) is 10.1. The maximum atomic E-state index is 12.9. The molecule has 2 heterocycles. The van der Waals surface area contributed by atoms with Gasteiger partial charge in [-0.15, -0.1) is 0 Å². The fraction of sp³-hybridized carbons (Fsp3) is 0.750. The summed E-state index contributed by atoms with van der Waals surface area (Å²) >= 11 is 0. The van der Waals surface area contributed by atoms with Crippen molar-refractivity contribution >= 4 is 11.8 Å². The van der Waals surface area contributed by atoms with Crippen LogP contribution in [0.25, 0.3) is 0 Å². The third-order valence-corrected chi connectivity index (χ3v) is 6.22. The van der Waals surface area contributed by atoms with Crippen LogP contribution in [0.3, 0.4) is 0 Å². The van der Waals surface area contributed by atoms with Gasteiger partial charge in [-0.25, -0.2) is 0 Å². The van der Waals surface area contributed by atoms with E-state index in [0.717, 1.165) is 44.2 Å². The summed E-state index contributed by atoms with van der Waals surface area (Å²) in [6, 6.07) is 1.90. The Hall–Kier alpha value is -1.85. The van der Waals surface area contributed by atoms with Crippen molar-refractivity contribution in [1.82, 2.24) is 20.4 Å². The van der Waals surface area contributed by atoms with Gasteiger partial charge in [-0.05, 0) is 37.7 Å². The van der Waals surface area contributed by atoms with Gasteiger partial charge in [0.2, 0.25) is 5.91 Å². The SMILES string of the molecule is CCC1(C(=O)NC2CCN(C(=O)c3cc(C(C)C)[nH]n3)C2)CCCCC1. The summed E-state index contributed by atoms with van der Waals surface area (Å²) in [7, 11) is 0. The van der Waals surface area contributed by atoms with Crippen molar-refractivity contribution in [2.24, 2.45) is 5.41 Å². The minimum atomic E-state index is -0.190. The van der Waals surface area contributed by atoms with E-state index >= 15 is 0 Å². The van der Waals surface area contributed by atoms with E-state index in [9.17, 15) is 9.59 Å². The molecule has 1 saturated carbocycles. The number of rotatable bonds is 5. The lowest BCUT2D eigenvalue weighted by molar-refractivity contribution is -0.133. The number of carbonyl (C=O) groups excluding carboxylic acids is 2. The summed E-state index contributed by atoms with van der Waals surface area (Å²) in [4.78, 5) is 27.4. The van der Waals surface area contributed by atoms with Crippen LogP contribution in [0.1, 0.15) is 87.8 Å². The molecule has 1 aliphatic heterocycles. The monoisotopic (exact) mass is 360 g/mol. The average molecular weight is 361 g/mol. The van der Waals surface area contributed by atoms with E-state index in [-0.39, 0.29) is 23.3 Å². The number of aromatic amines is 1. The molecule has 144 valence electrons. The highest BCUT2D eigenvalue weighted by Crippen LogP contribution is 2.39. The van der Waals surface area contributed by atoms with E-state index in [1.54, 1.807) is 0 Å². The Morgan fingerprint density at radius 1 is 1.35 bits per heavy atom. The van der Waals surface area contributed by atoms with Gasteiger partial charge in [0.05, 0.1) is 0 Å². The summed E-state index contributed by atoms with van der Waals surface area (Å²) in [6.07, 6.45) is 7.24. The topological polar surface area (TPSA) is 78.1 Å². The van der Waals surface area contributed by atoms with E-state index in [1.165, 1.54) is 6.42 Å². The van der Waals surface area contributed by atoms with Crippen LogP contribution in [-0.2, 0) is 4.79 Å². The summed E-state index contributed by atoms with van der Waals surface area (Å²) in [5, 5.41) is 10.3. The molecule has 1 atom stereocenters. The third-order valence-electron chi connectivity index (χ3n) is 6.22. The number of nitrogens with one attached hydrogen (secondary N) is 2. The number of aromatic nitrogens is 2. The quantitative estimate of drug-likeness (QED) is 0.846. The normalized spacial score (nSPS) is 22.6. The summed E-state index contributed by atoms with van der Waals surface area (Å²) < 4.78 is 0. The zero-order valence-electron chi connectivity index (χ0n) is 16.3. The van der Waals surface area contributed by atoms with Gasteiger partial charge in [-0.1, -0.05) is 40.0 Å². The molecule has 6 nitrogen and oxygen atoms in total. The fourth-order valence-corrected chi connectivity index (χ4v) is 4.27. The zero-order valence-corrected chi connectivity index (χ0v) is 16.3. The Morgan fingerprint density at radius 2 is 2.08 bits per heavy atom. The number of likely N-dealkylation sites (tertiary alicyclic amines) is 1. The van der Waals surface area contributed by atoms with Crippen LogP contribution < -0.4 is 5.32 Å². The van der Waals surface area contributed by atoms with Gasteiger partial charge >= 0.3 is 0 Å². The van der Waals surface area contributed by atoms with E-state index in [4.69, 9.17) is 0 Å². The molecular formula is C20H32N4O2. The fourth-order valence-electron chi connectivity index (χ4n) is 4.27. The maximum Gasteiger partial charge on any atom is 0.274 e. The molecule has 1 saturated heterocycles. The molecule has 0 bridgehead atoms. The molecule has 1 aromatic rings. The molecule has 1 aliphatic carbocycles. The molecule has 3 rings (SSSR count). The van der Waals surface area contributed by atoms with Crippen LogP contribution in [-0.4, -0.2) is 46.0 Å². The molecule has 6 heteroatoms. The highest BCUT2D eigenvalue weighted by Gasteiger charge is 2.39.